The van der Waals surface area contributed by atoms with Gasteiger partial charge in [-0.25, -0.2) is 4.79 Å². The fourth-order valence-corrected chi connectivity index (χ4v) is 2.12. The van der Waals surface area contributed by atoms with Gasteiger partial charge in [-0.1, -0.05) is 0 Å². The normalized spacial score (nSPS) is 11.0. The van der Waals surface area contributed by atoms with Gasteiger partial charge >= 0.3 is 5.97 Å². The number of rotatable bonds is 6. The van der Waals surface area contributed by atoms with Crippen LogP contribution in [0.4, 0.5) is 11.4 Å². The second kappa shape index (κ2) is 8.44. The molecule has 0 radical (unpaired) electrons. The van der Waals surface area contributed by atoms with Gasteiger partial charge in [0, 0.05) is 17.8 Å². The van der Waals surface area contributed by atoms with E-state index >= 15 is 0 Å². The summed E-state index contributed by atoms with van der Waals surface area (Å²) in [7, 11) is 1.30. The number of benzene rings is 2. The second-order valence-electron chi connectivity index (χ2n) is 5.37. The average Bonchev–Trinajstić information content (AvgIpc) is 2.67. The van der Waals surface area contributed by atoms with Crippen LogP contribution in [0.2, 0.25) is 0 Å². The summed E-state index contributed by atoms with van der Waals surface area (Å²) in [6.07, 6.45) is -1.17. The fraction of sp³-hybridized carbons (Fsp3) is 0.167. The minimum Gasteiger partial charge on any atom is -0.496 e. The first-order chi connectivity index (χ1) is 12.8. The van der Waals surface area contributed by atoms with Gasteiger partial charge < -0.3 is 14.8 Å². The summed E-state index contributed by atoms with van der Waals surface area (Å²) in [6.45, 7) is 1.36. The highest BCUT2D eigenvalue weighted by atomic mass is 16.6. The molecule has 138 valence electrons. The Balaban J connectivity index is 2.10. The maximum Gasteiger partial charge on any atom is 0.342 e. The van der Waals surface area contributed by atoms with Crippen LogP contribution in [0, 0.1) is 21.4 Å². The molecular weight excluding hydrogens is 354 g/mol. The van der Waals surface area contributed by atoms with Gasteiger partial charge in [0.1, 0.15) is 11.3 Å². The van der Waals surface area contributed by atoms with Crippen molar-refractivity contribution in [2.45, 2.75) is 13.0 Å². The van der Waals surface area contributed by atoms with Crippen molar-refractivity contribution in [1.29, 1.82) is 5.26 Å². The van der Waals surface area contributed by atoms with Gasteiger partial charge in [0.15, 0.2) is 6.10 Å². The largest absolute Gasteiger partial charge is 0.496 e. The maximum atomic E-state index is 12.3. The smallest absolute Gasteiger partial charge is 0.342 e. The zero-order valence-corrected chi connectivity index (χ0v) is 14.5. The van der Waals surface area contributed by atoms with Crippen LogP contribution in [0.3, 0.4) is 0 Å². The van der Waals surface area contributed by atoms with Crippen molar-refractivity contribution in [3.63, 3.8) is 0 Å². The molecule has 0 saturated heterocycles. The van der Waals surface area contributed by atoms with Gasteiger partial charge in [0.05, 0.1) is 23.7 Å². The van der Waals surface area contributed by atoms with E-state index in [0.717, 1.165) is 6.07 Å². The first-order valence-corrected chi connectivity index (χ1v) is 7.70. The maximum absolute atomic E-state index is 12.3. The number of nitro groups is 1. The summed E-state index contributed by atoms with van der Waals surface area (Å²) in [6, 6.07) is 11.6. The zero-order valence-electron chi connectivity index (χ0n) is 14.5. The molecule has 2 aromatic carbocycles. The Labute approximate surface area is 154 Å². The van der Waals surface area contributed by atoms with Crippen LogP contribution in [0.25, 0.3) is 0 Å². The first kappa shape index (κ1) is 19.4. The molecule has 0 aromatic heterocycles. The molecule has 9 nitrogen and oxygen atoms in total. The highest BCUT2D eigenvalue weighted by molar-refractivity contribution is 5.98. The molecule has 9 heteroatoms. The van der Waals surface area contributed by atoms with E-state index in [4.69, 9.17) is 14.7 Å². The van der Waals surface area contributed by atoms with E-state index in [-0.39, 0.29) is 17.0 Å². The molecule has 0 aliphatic rings. The molecule has 0 spiro atoms. The number of carbonyl (C=O) groups excluding carboxylic acids is 2. The number of nitro benzene ring substituents is 1. The lowest BCUT2D eigenvalue weighted by Gasteiger charge is -2.14. The highest BCUT2D eigenvalue weighted by Crippen LogP contribution is 2.25. The molecule has 27 heavy (non-hydrogen) atoms. The minimum atomic E-state index is -1.17. The number of ether oxygens (including phenoxy) is 2. The van der Waals surface area contributed by atoms with Crippen LogP contribution in [-0.2, 0) is 9.53 Å². The highest BCUT2D eigenvalue weighted by Gasteiger charge is 2.23. The van der Waals surface area contributed by atoms with Gasteiger partial charge in [0.2, 0.25) is 0 Å². The number of nitrogens with zero attached hydrogens (tertiary/aromatic N) is 2. The minimum absolute atomic E-state index is 0.0882. The molecule has 0 bridgehead atoms. The number of esters is 1. The number of nitriles is 1. The van der Waals surface area contributed by atoms with Crippen LogP contribution in [-0.4, -0.2) is 30.0 Å². The van der Waals surface area contributed by atoms with E-state index in [0.29, 0.717) is 11.3 Å². The molecule has 1 N–H and O–H groups in total. The molecule has 2 rings (SSSR count). The Morgan fingerprint density at radius 1 is 1.22 bits per heavy atom. The summed E-state index contributed by atoms with van der Waals surface area (Å²) in [5, 5.41) is 22.2. The molecule has 2 aromatic rings. The van der Waals surface area contributed by atoms with Crippen molar-refractivity contribution in [3.8, 4) is 11.8 Å². The molecule has 1 amide bonds. The van der Waals surface area contributed by atoms with Crippen molar-refractivity contribution < 1.29 is 24.0 Å². The van der Waals surface area contributed by atoms with Crippen molar-refractivity contribution in [2.24, 2.45) is 0 Å². The summed E-state index contributed by atoms with van der Waals surface area (Å²) in [5.41, 5.74) is 0.391. The number of anilines is 1. The molecule has 0 fully saturated rings. The molecule has 0 aliphatic heterocycles. The summed E-state index contributed by atoms with van der Waals surface area (Å²) in [5.74, 6) is -1.44. The van der Waals surface area contributed by atoms with Crippen LogP contribution in [0.1, 0.15) is 22.8 Å². The number of amides is 1. The van der Waals surface area contributed by atoms with Crippen LogP contribution < -0.4 is 10.1 Å². The molecule has 0 aliphatic carbocycles. The lowest BCUT2D eigenvalue weighted by molar-refractivity contribution is -0.384. The third-order valence-corrected chi connectivity index (χ3v) is 3.55. The summed E-state index contributed by atoms with van der Waals surface area (Å²) < 4.78 is 10.1. The van der Waals surface area contributed by atoms with Crippen LogP contribution in [0.5, 0.6) is 5.75 Å². The van der Waals surface area contributed by atoms with Crippen LogP contribution >= 0.6 is 0 Å². The van der Waals surface area contributed by atoms with E-state index < -0.39 is 22.9 Å². The van der Waals surface area contributed by atoms with E-state index in [1.54, 1.807) is 0 Å². The van der Waals surface area contributed by atoms with E-state index in [2.05, 4.69) is 5.32 Å². The predicted molar refractivity (Wildman–Crippen MR) is 94.3 cm³/mol. The summed E-state index contributed by atoms with van der Waals surface area (Å²) in [4.78, 5) is 34.7. The van der Waals surface area contributed by atoms with Crippen molar-refractivity contribution in [1.82, 2.24) is 0 Å². The number of nitrogens with one attached hydrogen (secondary N) is 1. The van der Waals surface area contributed by atoms with Gasteiger partial charge in [-0.3, -0.25) is 14.9 Å². The quantitative estimate of drug-likeness (QED) is 0.470. The number of carbonyl (C=O) groups is 2. The Kier molecular flexibility index (Phi) is 6.06. The Morgan fingerprint density at radius 3 is 2.44 bits per heavy atom. The second-order valence-corrected chi connectivity index (χ2v) is 5.37. The van der Waals surface area contributed by atoms with Crippen molar-refractivity contribution in [3.05, 3.63) is 63.7 Å². The van der Waals surface area contributed by atoms with Crippen molar-refractivity contribution >= 4 is 23.3 Å². The van der Waals surface area contributed by atoms with Gasteiger partial charge in [-0.15, -0.1) is 0 Å². The zero-order chi connectivity index (χ0) is 20.0. The molecule has 0 heterocycles. The fourth-order valence-electron chi connectivity index (χ4n) is 2.12. The molecule has 0 unspecified atom stereocenters. The summed E-state index contributed by atoms with van der Waals surface area (Å²) >= 11 is 0. The molecule has 0 saturated carbocycles. The third-order valence-electron chi connectivity index (χ3n) is 3.55. The number of hydrogen-bond acceptors (Lipinski definition) is 7. The Hall–Kier alpha value is -3.93. The number of hydrogen-bond donors (Lipinski definition) is 1. The lowest BCUT2D eigenvalue weighted by atomic mass is 10.1. The standard InChI is InChI=1S/C18H15N3O6/c1-11(17(22)20-13-5-3-12(10-19)4-6-13)27-18(23)15-9-14(21(24)25)7-8-16(15)26-2/h3-9,11H,1-2H3,(H,20,22)/t11-/m0/s1. The molecule has 1 atom stereocenters. The third kappa shape index (κ3) is 4.79. The van der Waals surface area contributed by atoms with Gasteiger partial charge in [0.25, 0.3) is 11.6 Å². The monoisotopic (exact) mass is 369 g/mol. The number of methoxy groups -OCH3 is 1. The SMILES string of the molecule is COc1ccc([N+](=O)[O-])cc1C(=O)O[C@@H](C)C(=O)Nc1ccc(C#N)cc1. The predicted octanol–water partition coefficient (Wildman–Crippen LogP) is 2.66. The van der Waals surface area contributed by atoms with Crippen LogP contribution in [0.15, 0.2) is 42.5 Å². The van der Waals surface area contributed by atoms with Gasteiger partial charge in [-0.2, -0.15) is 5.26 Å². The van der Waals surface area contributed by atoms with E-state index in [1.807, 2.05) is 6.07 Å². The Morgan fingerprint density at radius 2 is 1.89 bits per heavy atom. The Bertz CT molecular complexity index is 918. The van der Waals surface area contributed by atoms with E-state index in [1.165, 1.54) is 50.4 Å². The topological polar surface area (TPSA) is 132 Å². The lowest BCUT2D eigenvalue weighted by Crippen LogP contribution is -2.30. The molecular formula is C18H15N3O6. The first-order valence-electron chi connectivity index (χ1n) is 7.70. The average molecular weight is 369 g/mol. The van der Waals surface area contributed by atoms with Gasteiger partial charge in [-0.05, 0) is 37.3 Å². The van der Waals surface area contributed by atoms with Crippen molar-refractivity contribution in [2.75, 3.05) is 12.4 Å². The number of non-ortho nitro benzene ring substituents is 1. The van der Waals surface area contributed by atoms with E-state index in [9.17, 15) is 19.7 Å².